The summed E-state index contributed by atoms with van der Waals surface area (Å²) in [6.45, 7) is 6.18. The Morgan fingerprint density at radius 1 is 0.729 bits per heavy atom. The van der Waals surface area contributed by atoms with Gasteiger partial charge in [-0.2, -0.15) is 0 Å². The molecule has 7 aromatic rings. The van der Waals surface area contributed by atoms with Gasteiger partial charge in [0.1, 0.15) is 5.58 Å². The number of nitrogens with zero attached hydrogens (tertiary/aromatic N) is 2. The second-order valence-corrected chi connectivity index (χ2v) is 13.6. The molecule has 3 heterocycles. The first-order valence-corrected chi connectivity index (χ1v) is 15.6. The first kappa shape index (κ1) is 24.1. The third-order valence-corrected chi connectivity index (χ3v) is 7.36. The van der Waals surface area contributed by atoms with E-state index < -0.39 is 37.3 Å². The van der Waals surface area contributed by atoms with Gasteiger partial charge < -0.3 is 14.4 Å². The summed E-state index contributed by atoms with van der Waals surface area (Å²) >= 11 is 0. The molecule has 3 nitrogen and oxygen atoms in total. The molecular weight excluding hydrogens is 765 g/mol. The van der Waals surface area contributed by atoms with Crippen LogP contribution in [0.25, 0.3) is 55.2 Å². The first-order valence-electron chi connectivity index (χ1n) is 20.6. The number of rotatable bonds is 4. The number of benzene rings is 4. The van der Waals surface area contributed by atoms with Gasteiger partial charge in [-0.25, -0.2) is 0 Å². The van der Waals surface area contributed by atoms with Gasteiger partial charge in [-0.1, -0.05) is 120 Å². The minimum Gasteiger partial charge on any atom is -0.500 e. The predicted molar refractivity (Wildman–Crippen MR) is 198 cm³/mol. The molecule has 0 saturated carbocycles. The van der Waals surface area contributed by atoms with E-state index in [9.17, 15) is 0 Å². The quantitative estimate of drug-likeness (QED) is 0.166. The van der Waals surface area contributed by atoms with Crippen molar-refractivity contribution in [3.63, 3.8) is 0 Å². The fourth-order valence-corrected chi connectivity index (χ4v) is 5.40. The molecule has 0 bridgehead atoms. The fraction of sp³-hybridized carbons (Fsp3) is 0.273. The summed E-state index contributed by atoms with van der Waals surface area (Å²) in [5.41, 5.74) is 3.07. The van der Waals surface area contributed by atoms with Crippen LogP contribution < -0.4 is 0 Å². The van der Waals surface area contributed by atoms with Crippen molar-refractivity contribution in [2.45, 2.75) is 68.0 Å². The number of aromatic nitrogens is 2. The van der Waals surface area contributed by atoms with E-state index in [1.807, 2.05) is 57.2 Å². The summed E-state index contributed by atoms with van der Waals surface area (Å²) in [4.78, 5) is 8.75. The van der Waals surface area contributed by atoms with Crippen LogP contribution in [0.2, 0.25) is 0 Å². The van der Waals surface area contributed by atoms with Crippen molar-refractivity contribution in [1.29, 1.82) is 0 Å². The van der Waals surface area contributed by atoms with E-state index in [0.717, 1.165) is 27.1 Å². The first-order chi connectivity index (χ1) is 26.3. The Balaban J connectivity index is 0.000000234. The van der Waals surface area contributed by atoms with Crippen LogP contribution in [0.5, 0.6) is 0 Å². The molecule has 4 aromatic carbocycles. The van der Waals surface area contributed by atoms with Gasteiger partial charge in [-0.15, -0.1) is 53.6 Å². The molecule has 247 valence electrons. The molecule has 0 fully saturated rings. The zero-order valence-electron chi connectivity index (χ0n) is 37.9. The molecule has 0 unspecified atom stereocenters. The van der Waals surface area contributed by atoms with Crippen molar-refractivity contribution in [3.05, 3.63) is 132 Å². The number of fused-ring (bicyclic) bond motifs is 5. The van der Waals surface area contributed by atoms with Crippen molar-refractivity contribution in [3.8, 4) is 22.5 Å². The molecule has 0 aliphatic carbocycles. The smallest absolute Gasteiger partial charge is 0.128 e. The van der Waals surface area contributed by atoms with Crippen LogP contribution in [0.4, 0.5) is 0 Å². The minimum absolute atomic E-state index is 0. The molecule has 7 rings (SSSR count). The molecule has 0 aliphatic heterocycles. The summed E-state index contributed by atoms with van der Waals surface area (Å²) in [6.07, 6.45) is -0.599. The number of hydrogen-bond donors (Lipinski definition) is 0. The van der Waals surface area contributed by atoms with E-state index in [-0.39, 0.29) is 36.8 Å². The standard InChI is InChI=1S/C27H24NO.C17H20N.Ir/c1-17-16-28-24(14-19(17)15-27(2,3)4)23-11-7-10-21-22-13-12-18-8-5-6-9-20(18)25(22)29-26(21)23;1-13-5-8-15(9-6-13)16-10-7-14(12-18-16)11-17(2,3)4;/h5-10,12-14,16H,15H2,1-4H3;5-8,10,12H,11H2,1-4H3;/q2*-1;/i1D3,15D2;1D3,11D2;. The van der Waals surface area contributed by atoms with Gasteiger partial charge in [-0.05, 0) is 58.3 Å². The Bertz CT molecular complexity index is 2560. The zero-order chi connectivity index (χ0) is 41.9. The zero-order valence-corrected chi connectivity index (χ0v) is 30.3. The van der Waals surface area contributed by atoms with Gasteiger partial charge >= 0.3 is 0 Å². The Hall–Kier alpha value is -4.11. The summed E-state index contributed by atoms with van der Waals surface area (Å²) < 4.78 is 86.4. The van der Waals surface area contributed by atoms with E-state index in [2.05, 4.69) is 28.2 Å². The number of hydrogen-bond acceptors (Lipinski definition) is 3. The molecule has 3 aromatic heterocycles. The molecule has 0 spiro atoms. The maximum atomic E-state index is 8.80. The fourth-order valence-electron chi connectivity index (χ4n) is 5.40. The Morgan fingerprint density at radius 3 is 2.19 bits per heavy atom. The van der Waals surface area contributed by atoms with Crippen LogP contribution in [0, 0.1) is 36.7 Å². The van der Waals surface area contributed by atoms with Crippen LogP contribution in [-0.2, 0) is 32.9 Å². The van der Waals surface area contributed by atoms with Gasteiger partial charge in [-0.3, -0.25) is 0 Å². The van der Waals surface area contributed by atoms with E-state index >= 15 is 0 Å². The van der Waals surface area contributed by atoms with E-state index in [1.54, 1.807) is 57.2 Å². The Labute approximate surface area is 313 Å². The molecule has 0 saturated heterocycles. The second-order valence-electron chi connectivity index (χ2n) is 13.6. The van der Waals surface area contributed by atoms with Crippen LogP contribution in [-0.4, -0.2) is 9.97 Å². The van der Waals surface area contributed by atoms with Crippen molar-refractivity contribution < 1.29 is 38.2 Å². The average Bonchev–Trinajstić information content (AvgIpc) is 3.53. The number of pyridine rings is 2. The topological polar surface area (TPSA) is 38.9 Å². The molecule has 0 N–H and O–H groups in total. The molecule has 0 amide bonds. The Kier molecular flexibility index (Phi) is 7.11. The second kappa shape index (κ2) is 14.2. The third kappa shape index (κ3) is 8.12. The van der Waals surface area contributed by atoms with Gasteiger partial charge in [0.05, 0.1) is 5.58 Å². The summed E-state index contributed by atoms with van der Waals surface area (Å²) in [5.74, 6) is 0. The largest absolute Gasteiger partial charge is 0.500 e. The van der Waals surface area contributed by atoms with Gasteiger partial charge in [0.15, 0.2) is 0 Å². The molecule has 0 atom stereocenters. The van der Waals surface area contributed by atoms with E-state index in [0.29, 0.717) is 33.7 Å². The third-order valence-electron chi connectivity index (χ3n) is 7.36. The van der Waals surface area contributed by atoms with Crippen LogP contribution in [0.3, 0.4) is 0 Å². The normalized spacial score (nSPS) is 16.0. The van der Waals surface area contributed by atoms with Crippen molar-refractivity contribution in [2.24, 2.45) is 10.8 Å². The maximum absolute atomic E-state index is 8.80. The summed E-state index contributed by atoms with van der Waals surface area (Å²) in [5, 5.41) is 3.93. The van der Waals surface area contributed by atoms with Crippen LogP contribution in [0.1, 0.15) is 77.5 Å². The molecular formula is C44H44IrN2O-2. The average molecular weight is 819 g/mol. The minimum atomic E-state index is -2.49. The van der Waals surface area contributed by atoms with Crippen LogP contribution >= 0.6 is 0 Å². The summed E-state index contributed by atoms with van der Waals surface area (Å²) in [6, 6.07) is 31.6. The molecule has 0 aliphatic rings. The monoisotopic (exact) mass is 819 g/mol. The van der Waals surface area contributed by atoms with Crippen LogP contribution in [0.15, 0.2) is 102 Å². The summed E-state index contributed by atoms with van der Waals surface area (Å²) in [7, 11) is 0. The van der Waals surface area contributed by atoms with E-state index in [1.165, 1.54) is 18.5 Å². The van der Waals surface area contributed by atoms with Gasteiger partial charge in [0.25, 0.3) is 0 Å². The molecule has 48 heavy (non-hydrogen) atoms. The molecule has 1 radical (unpaired) electrons. The van der Waals surface area contributed by atoms with Crippen molar-refractivity contribution in [1.82, 2.24) is 9.97 Å². The van der Waals surface area contributed by atoms with Gasteiger partial charge in [0, 0.05) is 57.0 Å². The van der Waals surface area contributed by atoms with E-state index in [4.69, 9.17) is 18.1 Å². The Morgan fingerprint density at radius 2 is 1.50 bits per heavy atom. The molecule has 4 heteroatoms. The number of furan rings is 1. The number of aryl methyl sites for hydroxylation is 2. The van der Waals surface area contributed by atoms with Gasteiger partial charge in [0.2, 0.25) is 0 Å². The van der Waals surface area contributed by atoms with Crippen molar-refractivity contribution in [2.75, 3.05) is 0 Å². The predicted octanol–water partition coefficient (Wildman–Crippen LogP) is 11.9. The SMILES string of the molecule is [2H]C([2H])([2H])c1c[c-]c(-c2ccc(C([2H])([2H])C(C)(C)C)cn2)cc1.[2H]C([2H])([2H])c1cnc(-c2[c-]ccc3c2oc2c4ccccc4ccc32)cc1C([2H])([2H])C(C)(C)C.[Ir]. The van der Waals surface area contributed by atoms with Crippen molar-refractivity contribution >= 4 is 32.7 Å². The maximum Gasteiger partial charge on any atom is 0.128 e.